The summed E-state index contributed by atoms with van der Waals surface area (Å²) in [6.07, 6.45) is 0.940. The summed E-state index contributed by atoms with van der Waals surface area (Å²) in [5, 5.41) is 0. The molecule has 1 aliphatic heterocycles. The molecular formula is C26H30FN3O. The van der Waals surface area contributed by atoms with Crippen molar-refractivity contribution in [3.63, 3.8) is 0 Å². The fraction of sp³-hybridized carbons (Fsp3) is 0.346. The number of carbonyl (C=O) groups is 1. The molecule has 1 fully saturated rings. The van der Waals surface area contributed by atoms with Crippen LogP contribution in [0.2, 0.25) is 0 Å². The number of aryl methyl sites for hydroxylation is 1. The average molecular weight is 420 g/mol. The fourth-order valence-corrected chi connectivity index (χ4v) is 4.38. The van der Waals surface area contributed by atoms with Crippen molar-refractivity contribution >= 4 is 5.91 Å². The van der Waals surface area contributed by atoms with E-state index in [9.17, 15) is 9.18 Å². The van der Waals surface area contributed by atoms with Gasteiger partial charge in [0.05, 0.1) is 5.56 Å². The molecule has 0 atom stereocenters. The van der Waals surface area contributed by atoms with Crippen LogP contribution < -0.4 is 0 Å². The molecular weight excluding hydrogens is 389 g/mol. The van der Waals surface area contributed by atoms with Gasteiger partial charge in [0.15, 0.2) is 0 Å². The van der Waals surface area contributed by atoms with E-state index in [1.807, 2.05) is 48.2 Å². The molecule has 0 aliphatic carbocycles. The summed E-state index contributed by atoms with van der Waals surface area (Å²) in [5.41, 5.74) is 5.27. The van der Waals surface area contributed by atoms with Crippen molar-refractivity contribution in [3.8, 4) is 0 Å². The van der Waals surface area contributed by atoms with Crippen LogP contribution in [-0.2, 0) is 13.1 Å². The Morgan fingerprint density at radius 2 is 1.58 bits per heavy atom. The van der Waals surface area contributed by atoms with Gasteiger partial charge in [-0.3, -0.25) is 9.69 Å². The minimum Gasteiger partial charge on any atom is -0.344 e. The molecule has 0 unspecified atom stereocenters. The minimum absolute atomic E-state index is 0.121. The lowest BCUT2D eigenvalue weighted by Crippen LogP contribution is -2.35. The molecule has 162 valence electrons. The third-order valence-corrected chi connectivity index (χ3v) is 6.18. The summed E-state index contributed by atoms with van der Waals surface area (Å²) in [7, 11) is 0. The zero-order valence-electron chi connectivity index (χ0n) is 18.4. The van der Waals surface area contributed by atoms with E-state index in [-0.39, 0.29) is 11.7 Å². The molecule has 1 amide bonds. The highest BCUT2D eigenvalue weighted by atomic mass is 19.1. The number of rotatable bonds is 5. The van der Waals surface area contributed by atoms with Gasteiger partial charge in [-0.25, -0.2) is 4.39 Å². The Labute approximate surface area is 183 Å². The van der Waals surface area contributed by atoms with Crippen molar-refractivity contribution in [2.24, 2.45) is 0 Å². The monoisotopic (exact) mass is 419 g/mol. The van der Waals surface area contributed by atoms with E-state index in [0.717, 1.165) is 61.7 Å². The van der Waals surface area contributed by atoms with Gasteiger partial charge in [0, 0.05) is 50.7 Å². The van der Waals surface area contributed by atoms with Crippen LogP contribution >= 0.6 is 0 Å². The van der Waals surface area contributed by atoms with Gasteiger partial charge in [0.2, 0.25) is 0 Å². The van der Waals surface area contributed by atoms with Crippen molar-refractivity contribution in [3.05, 3.63) is 94.6 Å². The Morgan fingerprint density at radius 3 is 2.32 bits per heavy atom. The van der Waals surface area contributed by atoms with Gasteiger partial charge in [-0.15, -0.1) is 0 Å². The standard InChI is InChI=1S/C26H30FN3O/c1-20-17-25(21(2)30(20)19-22-7-4-3-5-8-22)26(31)29-14-6-13-28(15-16-29)18-23-9-11-24(27)12-10-23/h3-5,7-12,17H,6,13-16,18-19H2,1-2H3. The van der Waals surface area contributed by atoms with Crippen molar-refractivity contribution < 1.29 is 9.18 Å². The summed E-state index contributed by atoms with van der Waals surface area (Å²) in [6.45, 7) is 8.91. The topological polar surface area (TPSA) is 28.5 Å². The molecule has 1 aliphatic rings. The van der Waals surface area contributed by atoms with Crippen LogP contribution in [0.1, 0.15) is 39.3 Å². The van der Waals surface area contributed by atoms with Crippen molar-refractivity contribution in [2.75, 3.05) is 26.2 Å². The highest BCUT2D eigenvalue weighted by molar-refractivity contribution is 5.95. The van der Waals surface area contributed by atoms with E-state index < -0.39 is 0 Å². The minimum atomic E-state index is -0.207. The summed E-state index contributed by atoms with van der Waals surface area (Å²) in [6, 6.07) is 19.1. The smallest absolute Gasteiger partial charge is 0.255 e. The van der Waals surface area contributed by atoms with Gasteiger partial charge in [-0.1, -0.05) is 42.5 Å². The largest absolute Gasteiger partial charge is 0.344 e. The maximum Gasteiger partial charge on any atom is 0.255 e. The van der Waals surface area contributed by atoms with E-state index in [0.29, 0.717) is 6.54 Å². The van der Waals surface area contributed by atoms with Gasteiger partial charge >= 0.3 is 0 Å². The number of hydrogen-bond donors (Lipinski definition) is 0. The maximum absolute atomic E-state index is 13.3. The first-order chi connectivity index (χ1) is 15.0. The number of carbonyl (C=O) groups excluding carboxylic acids is 1. The maximum atomic E-state index is 13.3. The Bertz CT molecular complexity index is 1030. The Hall–Kier alpha value is -2.92. The lowest BCUT2D eigenvalue weighted by molar-refractivity contribution is 0.0760. The molecule has 0 N–H and O–H groups in total. The van der Waals surface area contributed by atoms with Gasteiger partial charge < -0.3 is 9.47 Å². The molecule has 2 aromatic carbocycles. The third-order valence-electron chi connectivity index (χ3n) is 6.18. The summed E-state index contributed by atoms with van der Waals surface area (Å²) in [5.74, 6) is -0.0858. The summed E-state index contributed by atoms with van der Waals surface area (Å²) in [4.78, 5) is 17.7. The molecule has 0 saturated carbocycles. The Morgan fingerprint density at radius 1 is 0.871 bits per heavy atom. The lowest BCUT2D eigenvalue weighted by Gasteiger charge is -2.22. The van der Waals surface area contributed by atoms with Crippen LogP contribution in [0.4, 0.5) is 4.39 Å². The molecule has 3 aromatic rings. The van der Waals surface area contributed by atoms with E-state index in [1.165, 1.54) is 17.7 Å². The number of halogens is 1. The number of amides is 1. The number of aromatic nitrogens is 1. The van der Waals surface area contributed by atoms with Gasteiger partial charge in [0.1, 0.15) is 5.82 Å². The van der Waals surface area contributed by atoms with E-state index in [2.05, 4.69) is 28.5 Å². The molecule has 0 spiro atoms. The average Bonchev–Trinajstić information content (AvgIpc) is 2.94. The first-order valence-corrected chi connectivity index (χ1v) is 11.0. The SMILES string of the molecule is Cc1cc(C(=O)N2CCCN(Cc3ccc(F)cc3)CC2)c(C)n1Cc1ccccc1. The predicted octanol–water partition coefficient (Wildman–Crippen LogP) is 4.64. The lowest BCUT2D eigenvalue weighted by atomic mass is 10.2. The number of nitrogens with zero attached hydrogens (tertiary/aromatic N) is 3. The van der Waals surface area contributed by atoms with Gasteiger partial charge in [-0.2, -0.15) is 0 Å². The second kappa shape index (κ2) is 9.48. The van der Waals surface area contributed by atoms with Crippen LogP contribution in [0.5, 0.6) is 0 Å². The molecule has 4 nitrogen and oxygen atoms in total. The number of benzene rings is 2. The molecule has 0 bridgehead atoms. The van der Waals surface area contributed by atoms with E-state index in [4.69, 9.17) is 0 Å². The quantitative estimate of drug-likeness (QED) is 0.603. The van der Waals surface area contributed by atoms with Gasteiger partial charge in [0.25, 0.3) is 5.91 Å². The van der Waals surface area contributed by atoms with Crippen molar-refractivity contribution in [1.82, 2.24) is 14.4 Å². The normalized spacial score (nSPS) is 15.1. The second-order valence-electron chi connectivity index (χ2n) is 8.40. The molecule has 0 radical (unpaired) electrons. The molecule has 1 aromatic heterocycles. The first-order valence-electron chi connectivity index (χ1n) is 11.0. The van der Waals surface area contributed by atoms with Crippen molar-refractivity contribution in [1.29, 1.82) is 0 Å². The van der Waals surface area contributed by atoms with Gasteiger partial charge in [-0.05, 0) is 49.6 Å². The zero-order valence-corrected chi connectivity index (χ0v) is 18.4. The second-order valence-corrected chi connectivity index (χ2v) is 8.40. The fourth-order valence-electron chi connectivity index (χ4n) is 4.38. The number of hydrogen-bond acceptors (Lipinski definition) is 2. The summed E-state index contributed by atoms with van der Waals surface area (Å²) < 4.78 is 15.4. The highest BCUT2D eigenvalue weighted by Gasteiger charge is 2.24. The molecule has 5 heteroatoms. The third kappa shape index (κ3) is 5.05. The van der Waals surface area contributed by atoms with Crippen LogP contribution in [0.3, 0.4) is 0 Å². The van der Waals surface area contributed by atoms with Crippen LogP contribution in [0, 0.1) is 19.7 Å². The van der Waals surface area contributed by atoms with Crippen LogP contribution in [-0.4, -0.2) is 46.5 Å². The first kappa shape index (κ1) is 21.3. The Kier molecular flexibility index (Phi) is 6.52. The molecule has 4 rings (SSSR count). The predicted molar refractivity (Wildman–Crippen MR) is 122 cm³/mol. The van der Waals surface area contributed by atoms with Crippen LogP contribution in [0.15, 0.2) is 60.7 Å². The molecule has 31 heavy (non-hydrogen) atoms. The van der Waals surface area contributed by atoms with E-state index in [1.54, 1.807) is 0 Å². The Balaban J connectivity index is 1.42. The van der Waals surface area contributed by atoms with Crippen LogP contribution in [0.25, 0.3) is 0 Å². The van der Waals surface area contributed by atoms with Crippen molar-refractivity contribution in [2.45, 2.75) is 33.4 Å². The highest BCUT2D eigenvalue weighted by Crippen LogP contribution is 2.20. The van der Waals surface area contributed by atoms with E-state index >= 15 is 0 Å². The molecule has 1 saturated heterocycles. The molecule has 2 heterocycles. The summed E-state index contributed by atoms with van der Waals surface area (Å²) >= 11 is 0. The zero-order chi connectivity index (χ0) is 21.8.